The van der Waals surface area contributed by atoms with Crippen molar-refractivity contribution < 1.29 is 9.53 Å². The summed E-state index contributed by atoms with van der Waals surface area (Å²) in [5.41, 5.74) is 0. The minimum atomic E-state index is -0.108. The highest BCUT2D eigenvalue weighted by Crippen LogP contribution is 2.24. The summed E-state index contributed by atoms with van der Waals surface area (Å²) in [7, 11) is 3.66. The summed E-state index contributed by atoms with van der Waals surface area (Å²) >= 11 is 0. The highest BCUT2D eigenvalue weighted by Gasteiger charge is 2.36. The number of piperazine rings is 1. The lowest BCUT2D eigenvalue weighted by Crippen LogP contribution is -2.44. The van der Waals surface area contributed by atoms with Crippen molar-refractivity contribution in [3.63, 3.8) is 0 Å². The van der Waals surface area contributed by atoms with Gasteiger partial charge in [0.15, 0.2) is 5.96 Å². The van der Waals surface area contributed by atoms with Crippen molar-refractivity contribution in [3.05, 3.63) is 0 Å². The van der Waals surface area contributed by atoms with Crippen LogP contribution in [0, 0.1) is 11.8 Å². The third-order valence-electron chi connectivity index (χ3n) is 5.49. The van der Waals surface area contributed by atoms with E-state index in [-0.39, 0.29) is 11.9 Å². The molecule has 2 rings (SSSR count). The number of likely N-dealkylation sites (tertiary alicyclic amines) is 1. The van der Waals surface area contributed by atoms with Crippen molar-refractivity contribution >= 4 is 11.9 Å². The fraction of sp³-hybridized carbons (Fsp3) is 0.895. The van der Waals surface area contributed by atoms with Gasteiger partial charge in [0.2, 0.25) is 0 Å². The molecule has 2 aliphatic rings. The van der Waals surface area contributed by atoms with E-state index in [1.165, 1.54) is 46.3 Å². The largest absolute Gasteiger partial charge is 0.469 e. The number of nitrogens with zero attached hydrogens (tertiary/aromatic N) is 4. The molecule has 0 aromatic carbocycles. The number of guanidine groups is 1. The molecule has 0 aliphatic carbocycles. The second-order valence-electron chi connectivity index (χ2n) is 7.60. The zero-order valence-corrected chi connectivity index (χ0v) is 17.0. The van der Waals surface area contributed by atoms with E-state index in [1.807, 2.05) is 0 Å². The summed E-state index contributed by atoms with van der Waals surface area (Å²) in [5, 5.41) is 3.38. The fourth-order valence-corrected chi connectivity index (χ4v) is 3.73. The van der Waals surface area contributed by atoms with Crippen LogP contribution in [0.15, 0.2) is 4.99 Å². The Kier molecular flexibility index (Phi) is 8.65. The van der Waals surface area contributed by atoms with E-state index in [1.54, 1.807) is 0 Å². The van der Waals surface area contributed by atoms with Gasteiger partial charge in [-0.1, -0.05) is 6.92 Å². The molecular formula is C19H37N5O2. The van der Waals surface area contributed by atoms with Crippen LogP contribution in [0.2, 0.25) is 0 Å². The molecule has 2 unspecified atom stereocenters. The smallest absolute Gasteiger partial charge is 0.310 e. The van der Waals surface area contributed by atoms with Gasteiger partial charge >= 0.3 is 5.97 Å². The van der Waals surface area contributed by atoms with Crippen LogP contribution in [0.25, 0.3) is 0 Å². The quantitative estimate of drug-likeness (QED) is 0.310. The van der Waals surface area contributed by atoms with Crippen LogP contribution >= 0.6 is 0 Å². The van der Waals surface area contributed by atoms with Crippen LogP contribution < -0.4 is 5.32 Å². The number of hydrogen-bond donors (Lipinski definition) is 1. The van der Waals surface area contributed by atoms with Crippen LogP contribution in [0.4, 0.5) is 0 Å². The summed E-state index contributed by atoms with van der Waals surface area (Å²) in [5.74, 6) is 1.07. The monoisotopic (exact) mass is 367 g/mol. The maximum Gasteiger partial charge on any atom is 0.310 e. The Hall–Kier alpha value is -1.34. The van der Waals surface area contributed by atoms with Gasteiger partial charge in [-0.05, 0) is 39.3 Å². The molecular weight excluding hydrogens is 330 g/mol. The van der Waals surface area contributed by atoms with Crippen molar-refractivity contribution in [2.24, 2.45) is 16.8 Å². The van der Waals surface area contributed by atoms with E-state index in [2.05, 4.69) is 40.9 Å². The summed E-state index contributed by atoms with van der Waals surface area (Å²) in [6.07, 6.45) is 2.29. The molecule has 26 heavy (non-hydrogen) atoms. The van der Waals surface area contributed by atoms with E-state index in [0.717, 1.165) is 32.0 Å². The SMILES string of the molecule is CCNC(=NCCCCN1CCN(C)CC1)N1CC(C)C(C(=O)OC)C1. The number of nitrogens with one attached hydrogen (secondary N) is 1. The van der Waals surface area contributed by atoms with Crippen molar-refractivity contribution in [1.82, 2.24) is 20.0 Å². The molecule has 0 radical (unpaired) electrons. The molecule has 2 heterocycles. The molecule has 2 atom stereocenters. The van der Waals surface area contributed by atoms with Crippen molar-refractivity contribution in [2.45, 2.75) is 26.7 Å². The minimum absolute atomic E-state index is 0.0545. The average Bonchev–Trinajstić information content (AvgIpc) is 3.03. The topological polar surface area (TPSA) is 60.4 Å². The lowest BCUT2D eigenvalue weighted by molar-refractivity contribution is -0.145. The molecule has 0 spiro atoms. The third-order valence-corrected chi connectivity index (χ3v) is 5.49. The number of carbonyl (C=O) groups excluding carboxylic acids is 1. The first-order chi connectivity index (χ1) is 12.5. The molecule has 0 aromatic heterocycles. The second-order valence-corrected chi connectivity index (χ2v) is 7.60. The van der Waals surface area contributed by atoms with Gasteiger partial charge in [-0.15, -0.1) is 0 Å². The maximum atomic E-state index is 11.9. The van der Waals surface area contributed by atoms with Crippen molar-refractivity contribution in [3.8, 4) is 0 Å². The number of methoxy groups -OCH3 is 1. The lowest BCUT2D eigenvalue weighted by Gasteiger charge is -2.32. The number of esters is 1. The Labute approximate surface area is 158 Å². The number of carbonyl (C=O) groups is 1. The number of rotatable bonds is 7. The Morgan fingerprint density at radius 2 is 1.92 bits per heavy atom. The van der Waals surface area contributed by atoms with Crippen molar-refractivity contribution in [1.29, 1.82) is 0 Å². The maximum absolute atomic E-state index is 11.9. The normalized spacial score (nSPS) is 25.5. The molecule has 7 heteroatoms. The van der Waals surface area contributed by atoms with Crippen molar-refractivity contribution in [2.75, 3.05) is 73.1 Å². The molecule has 0 bridgehead atoms. The van der Waals surface area contributed by atoms with Gasteiger partial charge in [-0.2, -0.15) is 0 Å². The van der Waals surface area contributed by atoms with Gasteiger partial charge in [0.1, 0.15) is 0 Å². The Bertz CT molecular complexity index is 463. The summed E-state index contributed by atoms with van der Waals surface area (Å²) in [4.78, 5) is 23.8. The van der Waals surface area contributed by atoms with E-state index in [4.69, 9.17) is 9.73 Å². The molecule has 150 valence electrons. The zero-order valence-electron chi connectivity index (χ0n) is 17.0. The highest BCUT2D eigenvalue weighted by atomic mass is 16.5. The van der Waals surface area contributed by atoms with Gasteiger partial charge in [0, 0.05) is 52.4 Å². The van der Waals surface area contributed by atoms with Gasteiger partial charge in [0.05, 0.1) is 13.0 Å². The first-order valence-corrected chi connectivity index (χ1v) is 10.1. The second kappa shape index (κ2) is 10.7. The number of hydrogen-bond acceptors (Lipinski definition) is 5. The molecule has 1 N–H and O–H groups in total. The molecule has 0 aromatic rings. The summed E-state index contributed by atoms with van der Waals surface area (Å²) in [6, 6.07) is 0. The van der Waals surface area contributed by atoms with Gasteiger partial charge < -0.3 is 24.8 Å². The Morgan fingerprint density at radius 3 is 2.58 bits per heavy atom. The van der Waals surface area contributed by atoms with Gasteiger partial charge in [-0.3, -0.25) is 9.79 Å². The minimum Gasteiger partial charge on any atom is -0.469 e. The van der Waals surface area contributed by atoms with E-state index < -0.39 is 0 Å². The van der Waals surface area contributed by atoms with E-state index >= 15 is 0 Å². The molecule has 7 nitrogen and oxygen atoms in total. The molecule has 0 amide bonds. The van der Waals surface area contributed by atoms with Crippen LogP contribution in [0.1, 0.15) is 26.7 Å². The molecule has 2 fully saturated rings. The Balaban J connectivity index is 1.75. The number of unbranched alkanes of at least 4 members (excludes halogenated alkanes) is 1. The third kappa shape index (κ3) is 6.13. The number of aliphatic imine (C=N–C) groups is 1. The number of likely N-dealkylation sites (N-methyl/N-ethyl adjacent to an activating group) is 1. The van der Waals surface area contributed by atoms with Crippen LogP contribution in [-0.4, -0.2) is 99.7 Å². The van der Waals surface area contributed by atoms with E-state index in [0.29, 0.717) is 12.5 Å². The fourth-order valence-electron chi connectivity index (χ4n) is 3.73. The predicted molar refractivity (Wildman–Crippen MR) is 105 cm³/mol. The Morgan fingerprint density at radius 1 is 1.19 bits per heavy atom. The average molecular weight is 368 g/mol. The summed E-state index contributed by atoms with van der Waals surface area (Å²) < 4.78 is 4.94. The lowest BCUT2D eigenvalue weighted by atomic mass is 9.99. The van der Waals surface area contributed by atoms with Gasteiger partial charge in [-0.25, -0.2) is 0 Å². The van der Waals surface area contributed by atoms with Crippen LogP contribution in [0.3, 0.4) is 0 Å². The van der Waals surface area contributed by atoms with Crippen LogP contribution in [0.5, 0.6) is 0 Å². The first kappa shape index (κ1) is 21.0. The molecule has 0 saturated carbocycles. The standard InChI is InChI=1S/C19H37N5O2/c1-5-20-19(24-14-16(2)17(15-24)18(25)26-4)21-8-6-7-9-23-12-10-22(3)11-13-23/h16-17H,5-15H2,1-4H3,(H,20,21). The molecule has 2 aliphatic heterocycles. The number of ether oxygens (including phenoxy) is 1. The summed E-state index contributed by atoms with van der Waals surface area (Å²) in [6.45, 7) is 13.3. The molecule has 2 saturated heterocycles. The highest BCUT2D eigenvalue weighted by molar-refractivity contribution is 5.82. The van der Waals surface area contributed by atoms with E-state index in [9.17, 15) is 4.79 Å². The first-order valence-electron chi connectivity index (χ1n) is 10.1. The van der Waals surface area contributed by atoms with Gasteiger partial charge in [0.25, 0.3) is 0 Å². The zero-order chi connectivity index (χ0) is 18.9. The van der Waals surface area contributed by atoms with Crippen LogP contribution in [-0.2, 0) is 9.53 Å². The predicted octanol–water partition coefficient (Wildman–Crippen LogP) is 0.720.